The molecule has 108 valence electrons. The molecule has 4 heteroatoms. The van der Waals surface area contributed by atoms with Crippen LogP contribution in [0.15, 0.2) is 36.4 Å². The van der Waals surface area contributed by atoms with E-state index in [1.807, 2.05) is 0 Å². The fraction of sp³-hybridized carbons (Fsp3) is 0.235. The molecule has 3 nitrogen and oxygen atoms in total. The van der Waals surface area contributed by atoms with Crippen molar-refractivity contribution in [2.45, 2.75) is 13.8 Å². The number of rotatable bonds is 3. The Morgan fingerprint density at radius 1 is 1.05 bits per heavy atom. The van der Waals surface area contributed by atoms with Crippen LogP contribution in [-0.4, -0.2) is 19.1 Å². The van der Waals surface area contributed by atoms with E-state index in [1.54, 1.807) is 11.3 Å². The molecule has 3 aromatic rings. The number of nitrogens with one attached hydrogen (secondary N) is 1. The zero-order chi connectivity index (χ0) is 15.0. The first-order valence-corrected chi connectivity index (χ1v) is 7.77. The van der Waals surface area contributed by atoms with E-state index in [0.717, 1.165) is 16.3 Å². The fourth-order valence-corrected chi connectivity index (χ4v) is 3.40. The molecule has 1 N–H and O–H groups in total. The molecule has 0 atom stereocenters. The summed E-state index contributed by atoms with van der Waals surface area (Å²) in [4.78, 5) is 6.83. The maximum Gasteiger partial charge on any atom is 0.188 e. The second kappa shape index (κ2) is 5.37. The van der Waals surface area contributed by atoms with Crippen molar-refractivity contribution in [3.63, 3.8) is 0 Å². The summed E-state index contributed by atoms with van der Waals surface area (Å²) in [7, 11) is 4.13. The second-order valence-electron chi connectivity index (χ2n) is 5.46. The van der Waals surface area contributed by atoms with Crippen LogP contribution in [0.3, 0.4) is 0 Å². The number of nitrogens with zero attached hydrogens (tertiary/aromatic N) is 2. The van der Waals surface area contributed by atoms with Crippen molar-refractivity contribution in [2.75, 3.05) is 24.3 Å². The van der Waals surface area contributed by atoms with E-state index in [1.165, 1.54) is 21.5 Å². The molecule has 0 fully saturated rings. The van der Waals surface area contributed by atoms with Crippen molar-refractivity contribution in [2.24, 2.45) is 0 Å². The van der Waals surface area contributed by atoms with Crippen LogP contribution >= 0.6 is 11.3 Å². The van der Waals surface area contributed by atoms with Gasteiger partial charge in [-0.2, -0.15) is 0 Å². The molecule has 0 aliphatic rings. The number of thiazole rings is 1. The Labute approximate surface area is 129 Å². The highest BCUT2D eigenvalue weighted by Crippen LogP contribution is 2.31. The number of para-hydroxylation sites is 1. The van der Waals surface area contributed by atoms with E-state index < -0.39 is 0 Å². The largest absolute Gasteiger partial charge is 0.377 e. The molecule has 1 aromatic heterocycles. The molecule has 0 unspecified atom stereocenters. The Hall–Kier alpha value is -2.07. The van der Waals surface area contributed by atoms with Crippen LogP contribution in [0.25, 0.3) is 10.2 Å². The van der Waals surface area contributed by atoms with E-state index in [2.05, 4.69) is 74.6 Å². The molecule has 3 rings (SSSR count). The number of aryl methyl sites for hydroxylation is 2. The number of benzene rings is 2. The minimum atomic E-state index is 0.938. The summed E-state index contributed by atoms with van der Waals surface area (Å²) in [6.45, 7) is 4.22. The van der Waals surface area contributed by atoms with Crippen molar-refractivity contribution < 1.29 is 0 Å². The van der Waals surface area contributed by atoms with Crippen LogP contribution in [0.1, 0.15) is 11.1 Å². The molecular formula is C17H19N3S. The highest BCUT2D eigenvalue weighted by atomic mass is 32.1. The van der Waals surface area contributed by atoms with Gasteiger partial charge in [0.25, 0.3) is 0 Å². The number of anilines is 3. The zero-order valence-corrected chi connectivity index (χ0v) is 13.6. The van der Waals surface area contributed by atoms with E-state index >= 15 is 0 Å². The predicted octanol–water partition coefficient (Wildman–Crippen LogP) is 4.72. The SMILES string of the molecule is Cc1ccc(Nc2nc3c(C)cccc3s2)cc1N(C)C. The van der Waals surface area contributed by atoms with Crippen LogP contribution in [0.4, 0.5) is 16.5 Å². The summed E-state index contributed by atoms with van der Waals surface area (Å²) in [5.41, 5.74) is 5.86. The van der Waals surface area contributed by atoms with Gasteiger partial charge in [-0.1, -0.05) is 29.5 Å². The van der Waals surface area contributed by atoms with E-state index in [0.29, 0.717) is 0 Å². The molecule has 0 radical (unpaired) electrons. The summed E-state index contributed by atoms with van der Waals surface area (Å²) in [5.74, 6) is 0. The Balaban J connectivity index is 1.95. The number of hydrogen-bond acceptors (Lipinski definition) is 4. The summed E-state index contributed by atoms with van der Waals surface area (Å²) < 4.78 is 1.22. The lowest BCUT2D eigenvalue weighted by atomic mass is 10.1. The van der Waals surface area contributed by atoms with Crippen molar-refractivity contribution in [1.29, 1.82) is 0 Å². The maximum atomic E-state index is 4.70. The molecule has 0 spiro atoms. The van der Waals surface area contributed by atoms with Gasteiger partial charge in [-0.15, -0.1) is 0 Å². The van der Waals surface area contributed by atoms with Gasteiger partial charge < -0.3 is 10.2 Å². The molecule has 1 heterocycles. The van der Waals surface area contributed by atoms with Gasteiger partial charge in [0.15, 0.2) is 5.13 Å². The minimum absolute atomic E-state index is 0.938. The molecular weight excluding hydrogens is 278 g/mol. The molecule has 0 bridgehead atoms. The van der Waals surface area contributed by atoms with Gasteiger partial charge in [-0.25, -0.2) is 4.98 Å². The minimum Gasteiger partial charge on any atom is -0.377 e. The first kappa shape index (κ1) is 13.9. The van der Waals surface area contributed by atoms with E-state index in [-0.39, 0.29) is 0 Å². The van der Waals surface area contributed by atoms with Gasteiger partial charge in [0.05, 0.1) is 10.2 Å². The Morgan fingerprint density at radius 3 is 2.57 bits per heavy atom. The highest BCUT2D eigenvalue weighted by Gasteiger charge is 2.07. The zero-order valence-electron chi connectivity index (χ0n) is 12.8. The second-order valence-corrected chi connectivity index (χ2v) is 6.49. The number of aromatic nitrogens is 1. The maximum absolute atomic E-state index is 4.70. The summed E-state index contributed by atoms with van der Waals surface area (Å²) in [6.07, 6.45) is 0. The molecule has 0 saturated heterocycles. The standard InChI is InChI=1S/C17H19N3S/c1-11-8-9-13(10-14(11)20(3)4)18-17-19-16-12(2)6-5-7-15(16)21-17/h5-10H,1-4H3,(H,18,19). The highest BCUT2D eigenvalue weighted by molar-refractivity contribution is 7.22. The average molecular weight is 297 g/mol. The third-order valence-electron chi connectivity index (χ3n) is 3.56. The summed E-state index contributed by atoms with van der Waals surface area (Å²) in [6, 6.07) is 12.7. The van der Waals surface area contributed by atoms with Crippen LogP contribution in [-0.2, 0) is 0 Å². The summed E-state index contributed by atoms with van der Waals surface area (Å²) in [5, 5.41) is 4.36. The van der Waals surface area contributed by atoms with E-state index in [4.69, 9.17) is 4.98 Å². The summed E-state index contributed by atoms with van der Waals surface area (Å²) >= 11 is 1.69. The fourth-order valence-electron chi connectivity index (χ4n) is 2.43. The van der Waals surface area contributed by atoms with Crippen molar-refractivity contribution in [3.05, 3.63) is 47.5 Å². The first-order valence-electron chi connectivity index (χ1n) is 6.96. The first-order chi connectivity index (χ1) is 10.0. The van der Waals surface area contributed by atoms with Gasteiger partial charge in [-0.05, 0) is 43.2 Å². The Morgan fingerprint density at radius 2 is 1.86 bits per heavy atom. The average Bonchev–Trinajstić information content (AvgIpc) is 2.85. The van der Waals surface area contributed by atoms with Gasteiger partial charge in [0.2, 0.25) is 0 Å². The van der Waals surface area contributed by atoms with Crippen molar-refractivity contribution in [1.82, 2.24) is 4.98 Å². The molecule has 0 amide bonds. The lowest BCUT2D eigenvalue weighted by Gasteiger charge is -2.17. The molecule has 21 heavy (non-hydrogen) atoms. The van der Waals surface area contributed by atoms with Crippen LogP contribution in [0, 0.1) is 13.8 Å². The van der Waals surface area contributed by atoms with E-state index in [9.17, 15) is 0 Å². The lowest BCUT2D eigenvalue weighted by Crippen LogP contribution is -2.10. The van der Waals surface area contributed by atoms with Gasteiger partial charge >= 0.3 is 0 Å². The Kier molecular flexibility index (Phi) is 3.55. The van der Waals surface area contributed by atoms with Crippen LogP contribution < -0.4 is 10.2 Å². The van der Waals surface area contributed by atoms with Crippen molar-refractivity contribution >= 4 is 38.1 Å². The van der Waals surface area contributed by atoms with Crippen LogP contribution in [0.5, 0.6) is 0 Å². The quantitative estimate of drug-likeness (QED) is 0.758. The lowest BCUT2D eigenvalue weighted by molar-refractivity contribution is 1.11. The third kappa shape index (κ3) is 2.72. The smallest absolute Gasteiger partial charge is 0.188 e. The molecule has 2 aromatic carbocycles. The Bertz CT molecular complexity index is 790. The number of fused-ring (bicyclic) bond motifs is 1. The predicted molar refractivity (Wildman–Crippen MR) is 93.1 cm³/mol. The van der Waals surface area contributed by atoms with Crippen molar-refractivity contribution in [3.8, 4) is 0 Å². The van der Waals surface area contributed by atoms with Gasteiger partial charge in [0.1, 0.15) is 0 Å². The molecule has 0 saturated carbocycles. The topological polar surface area (TPSA) is 28.2 Å². The van der Waals surface area contributed by atoms with Crippen LogP contribution in [0.2, 0.25) is 0 Å². The monoisotopic (exact) mass is 297 g/mol. The van der Waals surface area contributed by atoms with Gasteiger partial charge in [0, 0.05) is 25.5 Å². The van der Waals surface area contributed by atoms with Gasteiger partial charge in [-0.3, -0.25) is 0 Å². The molecule has 0 aliphatic carbocycles. The third-order valence-corrected chi connectivity index (χ3v) is 4.50. The number of hydrogen-bond donors (Lipinski definition) is 1. The molecule has 0 aliphatic heterocycles. The normalized spacial score (nSPS) is 10.9.